The van der Waals surface area contributed by atoms with Crippen LogP contribution in [0.4, 0.5) is 23.2 Å². The highest BCUT2D eigenvalue weighted by molar-refractivity contribution is 7.92. The molecule has 3 aromatic rings. The molecule has 1 aromatic heterocycles. The molecule has 7 nitrogen and oxygen atoms in total. The predicted molar refractivity (Wildman–Crippen MR) is 111 cm³/mol. The zero-order chi connectivity index (χ0) is 24.1. The summed E-state index contributed by atoms with van der Waals surface area (Å²) in [5, 5.41) is 2.50. The lowest BCUT2D eigenvalue weighted by atomic mass is 10.2. The number of nitrogens with one attached hydrogen (secondary N) is 2. The van der Waals surface area contributed by atoms with Gasteiger partial charge in [0, 0.05) is 23.9 Å². The van der Waals surface area contributed by atoms with Crippen molar-refractivity contribution in [3.8, 4) is 5.88 Å². The first kappa shape index (κ1) is 24.0. The summed E-state index contributed by atoms with van der Waals surface area (Å²) in [6.45, 7) is -1.70. The van der Waals surface area contributed by atoms with Gasteiger partial charge in [-0.2, -0.15) is 13.2 Å². The van der Waals surface area contributed by atoms with Crippen molar-refractivity contribution in [2.75, 3.05) is 11.3 Å². The Kier molecular flexibility index (Phi) is 7.16. The van der Waals surface area contributed by atoms with Crippen LogP contribution in [0.2, 0.25) is 0 Å². The van der Waals surface area contributed by atoms with Crippen molar-refractivity contribution in [2.45, 2.75) is 17.6 Å². The van der Waals surface area contributed by atoms with Gasteiger partial charge in [-0.3, -0.25) is 9.52 Å². The Morgan fingerprint density at radius 2 is 1.70 bits per heavy atom. The average molecular weight is 483 g/mol. The number of carbonyl (C=O) groups is 1. The van der Waals surface area contributed by atoms with E-state index in [4.69, 9.17) is 0 Å². The lowest BCUT2D eigenvalue weighted by Gasteiger charge is -2.13. The van der Waals surface area contributed by atoms with Crippen LogP contribution in [-0.2, 0) is 16.6 Å². The van der Waals surface area contributed by atoms with Gasteiger partial charge in [-0.1, -0.05) is 18.2 Å². The second kappa shape index (κ2) is 9.86. The number of hydrogen-bond acceptors (Lipinski definition) is 5. The number of para-hydroxylation sites is 1. The van der Waals surface area contributed by atoms with E-state index < -0.39 is 34.5 Å². The Labute approximate surface area is 186 Å². The van der Waals surface area contributed by atoms with E-state index in [0.29, 0.717) is 0 Å². The van der Waals surface area contributed by atoms with Gasteiger partial charge in [-0.15, -0.1) is 0 Å². The minimum atomic E-state index is -4.54. The summed E-state index contributed by atoms with van der Waals surface area (Å²) in [6.07, 6.45) is -3.28. The standard InChI is InChI=1S/C21H17F4N3O4S/c22-17-5-1-2-6-18(17)28-33(30,31)16-9-7-14(8-10-16)19(29)27-12-15-4-3-11-26-20(15)32-13-21(23,24)25/h1-11,28H,12-13H2,(H,27,29). The van der Waals surface area contributed by atoms with Crippen LogP contribution in [0, 0.1) is 5.82 Å². The van der Waals surface area contributed by atoms with Crippen LogP contribution in [0.1, 0.15) is 15.9 Å². The maximum atomic E-state index is 13.7. The number of carbonyl (C=O) groups excluding carboxylic acids is 1. The van der Waals surface area contributed by atoms with Crippen molar-refractivity contribution >= 4 is 21.6 Å². The van der Waals surface area contributed by atoms with Crippen LogP contribution in [0.25, 0.3) is 0 Å². The van der Waals surface area contributed by atoms with Crippen molar-refractivity contribution in [1.82, 2.24) is 10.3 Å². The zero-order valence-corrected chi connectivity index (χ0v) is 17.6. The van der Waals surface area contributed by atoms with Gasteiger partial charge >= 0.3 is 6.18 Å². The molecule has 0 aliphatic rings. The molecule has 1 amide bonds. The average Bonchev–Trinajstić information content (AvgIpc) is 2.77. The Bertz CT molecular complexity index is 1230. The molecule has 0 saturated heterocycles. The number of nitrogens with zero attached hydrogens (tertiary/aromatic N) is 1. The van der Waals surface area contributed by atoms with E-state index in [2.05, 4.69) is 19.8 Å². The Hall–Kier alpha value is -3.67. The number of amides is 1. The smallest absolute Gasteiger partial charge is 0.422 e. The number of anilines is 1. The van der Waals surface area contributed by atoms with Crippen LogP contribution >= 0.6 is 0 Å². The molecule has 0 aliphatic carbocycles. The highest BCUT2D eigenvalue weighted by Crippen LogP contribution is 2.21. The highest BCUT2D eigenvalue weighted by atomic mass is 32.2. The van der Waals surface area contributed by atoms with Crippen LogP contribution in [0.5, 0.6) is 5.88 Å². The minimum absolute atomic E-state index is 0.0986. The summed E-state index contributed by atoms with van der Waals surface area (Å²) in [6, 6.07) is 13.0. The molecule has 12 heteroatoms. The predicted octanol–water partition coefficient (Wildman–Crippen LogP) is 3.89. The molecule has 0 spiro atoms. The summed E-state index contributed by atoms with van der Waals surface area (Å²) in [4.78, 5) is 15.9. The third-order valence-corrected chi connectivity index (χ3v) is 5.59. The number of rotatable bonds is 8. The van der Waals surface area contributed by atoms with E-state index in [1.807, 2.05) is 0 Å². The zero-order valence-electron chi connectivity index (χ0n) is 16.8. The molecule has 174 valence electrons. The lowest BCUT2D eigenvalue weighted by molar-refractivity contribution is -0.154. The molecule has 33 heavy (non-hydrogen) atoms. The monoisotopic (exact) mass is 483 g/mol. The summed E-state index contributed by atoms with van der Waals surface area (Å²) in [7, 11) is -4.10. The third-order valence-electron chi connectivity index (χ3n) is 4.21. The molecule has 0 aliphatic heterocycles. The number of halogens is 4. The highest BCUT2D eigenvalue weighted by Gasteiger charge is 2.29. The molecule has 0 saturated carbocycles. The quantitative estimate of drug-likeness (QED) is 0.474. The maximum Gasteiger partial charge on any atom is 0.422 e. The molecule has 2 aromatic carbocycles. The van der Waals surface area contributed by atoms with Crippen molar-refractivity contribution in [2.24, 2.45) is 0 Å². The number of benzene rings is 2. The second-order valence-electron chi connectivity index (χ2n) is 6.66. The van der Waals surface area contributed by atoms with Gasteiger partial charge in [0.2, 0.25) is 5.88 Å². The maximum absolute atomic E-state index is 13.7. The molecule has 1 heterocycles. The largest absolute Gasteiger partial charge is 0.468 e. The van der Waals surface area contributed by atoms with Crippen LogP contribution in [-0.4, -0.2) is 32.1 Å². The first-order valence-corrected chi connectivity index (χ1v) is 10.8. The molecule has 0 bridgehead atoms. The van der Waals surface area contributed by atoms with Crippen molar-refractivity contribution in [3.05, 3.63) is 83.8 Å². The van der Waals surface area contributed by atoms with Gasteiger partial charge in [0.05, 0.1) is 10.6 Å². The fraction of sp³-hybridized carbons (Fsp3) is 0.143. The van der Waals surface area contributed by atoms with Gasteiger partial charge < -0.3 is 10.1 Å². The summed E-state index contributed by atoms with van der Waals surface area (Å²) in [5.74, 6) is -1.62. The number of hydrogen-bond donors (Lipinski definition) is 2. The first-order valence-electron chi connectivity index (χ1n) is 9.34. The normalized spacial score (nSPS) is 11.6. The molecular weight excluding hydrogens is 466 g/mol. The van der Waals surface area contributed by atoms with Crippen molar-refractivity contribution in [1.29, 1.82) is 0 Å². The van der Waals surface area contributed by atoms with E-state index in [0.717, 1.165) is 6.07 Å². The van der Waals surface area contributed by atoms with Gasteiger partial charge in [-0.05, 0) is 42.5 Å². The fourth-order valence-corrected chi connectivity index (χ4v) is 3.72. The molecule has 0 radical (unpaired) electrons. The van der Waals surface area contributed by atoms with Crippen LogP contribution < -0.4 is 14.8 Å². The number of ether oxygens (including phenoxy) is 1. The summed E-state index contributed by atoms with van der Waals surface area (Å²) in [5.41, 5.74) is 0.101. The van der Waals surface area contributed by atoms with Gasteiger partial charge in [0.1, 0.15) is 5.82 Å². The van der Waals surface area contributed by atoms with E-state index in [9.17, 15) is 30.8 Å². The van der Waals surface area contributed by atoms with Crippen LogP contribution in [0.15, 0.2) is 71.8 Å². The molecule has 0 atom stereocenters. The summed E-state index contributed by atoms with van der Waals surface area (Å²) < 4.78 is 82.5. The Morgan fingerprint density at radius 3 is 2.36 bits per heavy atom. The van der Waals surface area contributed by atoms with Crippen LogP contribution in [0.3, 0.4) is 0 Å². The molecular formula is C21H17F4N3O4S. The molecule has 2 N–H and O–H groups in total. The van der Waals surface area contributed by atoms with Crippen molar-refractivity contribution in [3.63, 3.8) is 0 Å². The summed E-state index contributed by atoms with van der Waals surface area (Å²) >= 11 is 0. The number of sulfonamides is 1. The molecule has 0 unspecified atom stereocenters. The third kappa shape index (κ3) is 6.65. The van der Waals surface area contributed by atoms with E-state index >= 15 is 0 Å². The molecule has 0 fully saturated rings. The van der Waals surface area contributed by atoms with Gasteiger partial charge in [0.15, 0.2) is 6.61 Å². The number of aromatic nitrogens is 1. The second-order valence-corrected chi connectivity index (χ2v) is 8.35. The fourth-order valence-electron chi connectivity index (χ4n) is 2.65. The van der Waals surface area contributed by atoms with E-state index in [1.54, 1.807) is 0 Å². The van der Waals surface area contributed by atoms with Gasteiger partial charge in [0.25, 0.3) is 15.9 Å². The molecule has 3 rings (SSSR count). The topological polar surface area (TPSA) is 97.4 Å². The van der Waals surface area contributed by atoms with Crippen molar-refractivity contribution < 1.29 is 35.5 Å². The number of pyridine rings is 1. The first-order chi connectivity index (χ1) is 15.5. The Balaban J connectivity index is 1.65. The van der Waals surface area contributed by atoms with Gasteiger partial charge in [-0.25, -0.2) is 17.8 Å². The number of alkyl halides is 3. The minimum Gasteiger partial charge on any atom is -0.468 e. The lowest BCUT2D eigenvalue weighted by Crippen LogP contribution is -2.24. The SMILES string of the molecule is O=C(NCc1cccnc1OCC(F)(F)F)c1ccc(S(=O)(=O)Nc2ccccc2F)cc1. The van der Waals surface area contributed by atoms with E-state index in [-0.39, 0.29) is 34.1 Å². The van der Waals surface area contributed by atoms with E-state index in [1.165, 1.54) is 60.8 Å². The Morgan fingerprint density at radius 1 is 1.00 bits per heavy atom.